The summed E-state index contributed by atoms with van der Waals surface area (Å²) < 4.78 is 5.37. The van der Waals surface area contributed by atoms with Gasteiger partial charge in [0, 0.05) is 18.1 Å². The van der Waals surface area contributed by atoms with Crippen LogP contribution in [-0.2, 0) is 4.79 Å². The second-order valence-electron chi connectivity index (χ2n) is 6.81. The monoisotopic (exact) mass is 408 g/mol. The van der Waals surface area contributed by atoms with Gasteiger partial charge in [0.15, 0.2) is 5.82 Å². The molecule has 0 aliphatic heterocycles. The van der Waals surface area contributed by atoms with Crippen molar-refractivity contribution in [1.29, 1.82) is 0 Å². The molecule has 1 aliphatic carbocycles. The number of ether oxygens (including phenoxy) is 1. The number of nitrogens with zero attached hydrogens (tertiary/aromatic N) is 3. The van der Waals surface area contributed by atoms with Gasteiger partial charge in [-0.25, -0.2) is 4.98 Å². The summed E-state index contributed by atoms with van der Waals surface area (Å²) in [5.41, 5.74) is 0.739. The Kier molecular flexibility index (Phi) is 6.65. The van der Waals surface area contributed by atoms with Gasteiger partial charge in [0.05, 0.1) is 17.9 Å². The maximum Gasteiger partial charge on any atom is 0.235 e. The first-order valence-corrected chi connectivity index (χ1v) is 10.4. The van der Waals surface area contributed by atoms with Crippen LogP contribution in [0.2, 0.25) is 5.02 Å². The third-order valence-corrected chi connectivity index (χ3v) is 6.17. The molecule has 1 saturated carbocycles. The first kappa shape index (κ1) is 20.0. The summed E-state index contributed by atoms with van der Waals surface area (Å²) in [7, 11) is 3.51. The molecule has 1 aromatic carbocycles. The van der Waals surface area contributed by atoms with Crippen LogP contribution in [0.15, 0.2) is 23.4 Å². The van der Waals surface area contributed by atoms with E-state index in [1.54, 1.807) is 25.3 Å². The van der Waals surface area contributed by atoms with E-state index < -0.39 is 0 Å². The number of aromatic amines is 1. The van der Waals surface area contributed by atoms with E-state index in [-0.39, 0.29) is 11.2 Å². The van der Waals surface area contributed by atoms with Gasteiger partial charge >= 0.3 is 0 Å². The van der Waals surface area contributed by atoms with E-state index >= 15 is 0 Å². The van der Waals surface area contributed by atoms with Gasteiger partial charge in [-0.15, -0.1) is 5.10 Å². The van der Waals surface area contributed by atoms with Gasteiger partial charge in [0.1, 0.15) is 5.75 Å². The van der Waals surface area contributed by atoms with Gasteiger partial charge in [0.2, 0.25) is 11.1 Å². The second kappa shape index (κ2) is 8.97. The smallest absolute Gasteiger partial charge is 0.235 e. The summed E-state index contributed by atoms with van der Waals surface area (Å²) >= 11 is 7.45. The normalized spacial score (nSPS) is 16.1. The molecule has 0 bridgehead atoms. The number of nitrogens with one attached hydrogen (secondary N) is 1. The number of hydrogen-bond acceptors (Lipinski definition) is 5. The maximum atomic E-state index is 12.8. The van der Waals surface area contributed by atoms with Crippen LogP contribution in [0.5, 0.6) is 5.75 Å². The van der Waals surface area contributed by atoms with Crippen LogP contribution in [0.25, 0.3) is 11.4 Å². The number of amides is 1. The Morgan fingerprint density at radius 3 is 2.81 bits per heavy atom. The van der Waals surface area contributed by atoms with E-state index in [2.05, 4.69) is 15.2 Å². The van der Waals surface area contributed by atoms with Crippen LogP contribution in [0.1, 0.15) is 39.0 Å². The number of H-pyrrole nitrogens is 1. The fraction of sp³-hybridized carbons (Fsp3) is 0.526. The molecule has 1 N–H and O–H groups in total. The average Bonchev–Trinajstić information content (AvgIpc) is 3.15. The molecule has 3 rings (SSSR count). The van der Waals surface area contributed by atoms with Gasteiger partial charge < -0.3 is 9.64 Å². The maximum absolute atomic E-state index is 12.8. The van der Waals surface area contributed by atoms with Gasteiger partial charge in [0.25, 0.3) is 0 Å². The number of hydrogen-bond donors (Lipinski definition) is 1. The summed E-state index contributed by atoms with van der Waals surface area (Å²) in [5.74, 6) is 1.35. The molecule has 1 fully saturated rings. The van der Waals surface area contributed by atoms with Crippen LogP contribution in [0.3, 0.4) is 0 Å². The average molecular weight is 409 g/mol. The number of thioether (sulfide) groups is 1. The number of aromatic nitrogens is 3. The highest BCUT2D eigenvalue weighted by molar-refractivity contribution is 8.00. The van der Waals surface area contributed by atoms with Crippen LogP contribution >= 0.6 is 23.4 Å². The number of carbonyl (C=O) groups is 1. The molecule has 0 spiro atoms. The summed E-state index contributed by atoms with van der Waals surface area (Å²) in [5, 5.41) is 8.04. The van der Waals surface area contributed by atoms with E-state index in [1.807, 2.05) is 18.9 Å². The first-order valence-electron chi connectivity index (χ1n) is 9.19. The van der Waals surface area contributed by atoms with Crippen molar-refractivity contribution < 1.29 is 9.53 Å². The minimum absolute atomic E-state index is 0.124. The van der Waals surface area contributed by atoms with Crippen molar-refractivity contribution in [3.05, 3.63) is 23.2 Å². The molecule has 8 heteroatoms. The molecular weight excluding hydrogens is 384 g/mol. The number of carbonyl (C=O) groups excluding carboxylic acids is 1. The molecule has 2 aromatic rings. The SMILES string of the molecule is COc1ccc(Cl)cc1-c1nc(SC(C)C(=O)N(C)C2CCCCC2)n[nH]1. The van der Waals surface area contributed by atoms with Gasteiger partial charge in [-0.3, -0.25) is 9.89 Å². The third kappa shape index (κ3) is 4.76. The third-order valence-electron chi connectivity index (χ3n) is 4.98. The lowest BCUT2D eigenvalue weighted by Gasteiger charge is -2.32. The highest BCUT2D eigenvalue weighted by atomic mass is 35.5. The molecule has 1 atom stereocenters. The zero-order valence-corrected chi connectivity index (χ0v) is 17.4. The van der Waals surface area contributed by atoms with Crippen LogP contribution in [0.4, 0.5) is 0 Å². The quantitative estimate of drug-likeness (QED) is 0.717. The fourth-order valence-electron chi connectivity index (χ4n) is 3.43. The predicted octanol–water partition coefficient (Wildman–Crippen LogP) is 4.41. The van der Waals surface area contributed by atoms with Gasteiger partial charge in [-0.05, 0) is 38.0 Å². The number of methoxy groups -OCH3 is 1. The van der Waals surface area contributed by atoms with Gasteiger partial charge in [-0.1, -0.05) is 42.6 Å². The zero-order valence-electron chi connectivity index (χ0n) is 15.9. The minimum atomic E-state index is -0.248. The molecule has 1 unspecified atom stereocenters. The van der Waals surface area contributed by atoms with Crippen molar-refractivity contribution in [2.24, 2.45) is 0 Å². The summed E-state index contributed by atoms with van der Waals surface area (Å²) in [6, 6.07) is 5.68. The molecule has 0 radical (unpaired) electrons. The van der Waals surface area contributed by atoms with Crippen molar-refractivity contribution in [2.45, 2.75) is 55.5 Å². The number of benzene rings is 1. The minimum Gasteiger partial charge on any atom is -0.496 e. The molecule has 27 heavy (non-hydrogen) atoms. The van der Waals surface area contributed by atoms with Crippen LogP contribution in [-0.4, -0.2) is 51.4 Å². The molecule has 1 amide bonds. The Balaban J connectivity index is 1.68. The van der Waals surface area contributed by atoms with E-state index in [4.69, 9.17) is 16.3 Å². The molecule has 146 valence electrons. The van der Waals surface area contributed by atoms with E-state index in [0.717, 1.165) is 18.4 Å². The van der Waals surface area contributed by atoms with Crippen molar-refractivity contribution in [3.63, 3.8) is 0 Å². The lowest BCUT2D eigenvalue weighted by atomic mass is 9.94. The topological polar surface area (TPSA) is 71.1 Å². The van der Waals surface area contributed by atoms with E-state index in [0.29, 0.717) is 27.8 Å². The van der Waals surface area contributed by atoms with Gasteiger partial charge in [-0.2, -0.15) is 0 Å². The number of rotatable bonds is 6. The second-order valence-corrected chi connectivity index (χ2v) is 8.56. The van der Waals surface area contributed by atoms with Crippen molar-refractivity contribution in [3.8, 4) is 17.1 Å². The molecule has 1 heterocycles. The lowest BCUT2D eigenvalue weighted by molar-refractivity contribution is -0.131. The van der Waals surface area contributed by atoms with Crippen molar-refractivity contribution >= 4 is 29.3 Å². The van der Waals surface area contributed by atoms with Crippen LogP contribution < -0.4 is 4.74 Å². The molecule has 1 aromatic heterocycles. The van der Waals surface area contributed by atoms with Crippen molar-refractivity contribution in [1.82, 2.24) is 20.1 Å². The van der Waals surface area contributed by atoms with Crippen LogP contribution in [0, 0.1) is 0 Å². The summed E-state index contributed by atoms with van der Waals surface area (Å²) in [6.45, 7) is 1.91. The first-order chi connectivity index (χ1) is 13.0. The highest BCUT2D eigenvalue weighted by Gasteiger charge is 2.27. The Morgan fingerprint density at radius 2 is 2.11 bits per heavy atom. The van der Waals surface area contributed by atoms with E-state index in [1.165, 1.54) is 31.0 Å². The molecule has 6 nitrogen and oxygen atoms in total. The predicted molar refractivity (Wildman–Crippen MR) is 108 cm³/mol. The van der Waals surface area contributed by atoms with E-state index in [9.17, 15) is 4.79 Å². The summed E-state index contributed by atoms with van der Waals surface area (Å²) in [6.07, 6.45) is 5.87. The molecule has 0 saturated heterocycles. The highest BCUT2D eigenvalue weighted by Crippen LogP contribution is 2.32. The zero-order chi connectivity index (χ0) is 19.4. The Hall–Kier alpha value is -1.73. The number of halogens is 1. The molecular formula is C19H25ClN4O2S. The Bertz CT molecular complexity index is 792. The molecule has 1 aliphatic rings. The standard InChI is InChI=1S/C19H25ClN4O2S/c1-12(18(25)24(2)14-7-5-4-6-8-14)27-19-21-17(22-23-19)15-11-13(20)9-10-16(15)26-3/h9-12,14H,4-8H2,1-3H3,(H,21,22,23). The lowest BCUT2D eigenvalue weighted by Crippen LogP contribution is -2.42. The largest absolute Gasteiger partial charge is 0.496 e. The van der Waals surface area contributed by atoms with Crippen molar-refractivity contribution in [2.75, 3.05) is 14.2 Å². The Labute approximate surface area is 169 Å². The fourth-order valence-corrected chi connectivity index (χ4v) is 4.43. The summed E-state index contributed by atoms with van der Waals surface area (Å²) in [4.78, 5) is 19.2. The Morgan fingerprint density at radius 1 is 1.37 bits per heavy atom.